The highest BCUT2D eigenvalue weighted by atomic mass is 16.6. The predicted molar refractivity (Wildman–Crippen MR) is 119 cm³/mol. The molecule has 0 spiro atoms. The maximum Gasteiger partial charge on any atom is 0.315 e. The van der Waals surface area contributed by atoms with Crippen molar-refractivity contribution < 1.29 is 28.8 Å². The molecule has 2 saturated heterocycles. The summed E-state index contributed by atoms with van der Waals surface area (Å²) in [5, 5.41) is 9.54. The molecule has 0 radical (unpaired) electrons. The van der Waals surface area contributed by atoms with Gasteiger partial charge < -0.3 is 24.1 Å². The van der Waals surface area contributed by atoms with Gasteiger partial charge in [0.2, 0.25) is 0 Å². The minimum atomic E-state index is -0.882. The lowest BCUT2D eigenvalue weighted by atomic mass is 9.76. The summed E-state index contributed by atoms with van der Waals surface area (Å²) in [7, 11) is 0. The molecule has 2 heterocycles. The molecular formula is C26H32O6. The number of carbonyl (C=O) groups is 1. The number of hydrogen-bond acceptors (Lipinski definition) is 6. The Balaban J connectivity index is 1.50. The highest BCUT2D eigenvalue weighted by Crippen LogP contribution is 2.44. The zero-order chi connectivity index (χ0) is 22.6. The first-order valence-corrected chi connectivity index (χ1v) is 11.3. The summed E-state index contributed by atoms with van der Waals surface area (Å²) in [6.07, 6.45) is -0.698. The zero-order valence-electron chi connectivity index (χ0n) is 18.7. The van der Waals surface area contributed by atoms with Crippen LogP contribution < -0.4 is 0 Å². The standard InChI is InChI=1S/C26H32O6/c1-18-22(29-16-19-9-5-3-6-10-19)13-23(30-17-20-11-7-4-8-12-20)24(31-18)26(2)14-21(15-27)32-25(26)28/h3-12,18,21-24,27H,13-17H2,1-2H3/t18-,21+,22-,23-,24-,26+/m1/s1. The van der Waals surface area contributed by atoms with Crippen LogP contribution >= 0.6 is 0 Å². The second-order valence-electron chi connectivity index (χ2n) is 9.00. The molecule has 0 saturated carbocycles. The van der Waals surface area contributed by atoms with Crippen LogP contribution in [0.15, 0.2) is 60.7 Å². The number of hydrogen-bond donors (Lipinski definition) is 1. The monoisotopic (exact) mass is 440 g/mol. The van der Waals surface area contributed by atoms with Crippen molar-refractivity contribution in [2.75, 3.05) is 6.61 Å². The third-order valence-electron chi connectivity index (χ3n) is 6.52. The van der Waals surface area contributed by atoms with Crippen molar-refractivity contribution in [1.29, 1.82) is 0 Å². The molecule has 0 amide bonds. The smallest absolute Gasteiger partial charge is 0.315 e. The first kappa shape index (κ1) is 22.9. The molecule has 2 fully saturated rings. The zero-order valence-corrected chi connectivity index (χ0v) is 18.7. The van der Waals surface area contributed by atoms with E-state index in [1.807, 2.05) is 74.5 Å². The van der Waals surface area contributed by atoms with Gasteiger partial charge in [0.15, 0.2) is 0 Å². The molecule has 0 bridgehead atoms. The van der Waals surface area contributed by atoms with Crippen LogP contribution in [0.4, 0.5) is 0 Å². The fourth-order valence-corrected chi connectivity index (χ4v) is 4.64. The van der Waals surface area contributed by atoms with Gasteiger partial charge in [-0.15, -0.1) is 0 Å². The lowest BCUT2D eigenvalue weighted by molar-refractivity contribution is -0.226. The molecule has 6 heteroatoms. The van der Waals surface area contributed by atoms with Gasteiger partial charge in [-0.1, -0.05) is 60.7 Å². The third-order valence-corrected chi connectivity index (χ3v) is 6.52. The lowest BCUT2D eigenvalue weighted by Gasteiger charge is -2.45. The van der Waals surface area contributed by atoms with Crippen LogP contribution in [0.2, 0.25) is 0 Å². The van der Waals surface area contributed by atoms with Gasteiger partial charge in [-0.25, -0.2) is 0 Å². The highest BCUT2D eigenvalue weighted by Gasteiger charge is 2.56. The maximum absolute atomic E-state index is 12.8. The molecule has 6 atom stereocenters. The average molecular weight is 441 g/mol. The van der Waals surface area contributed by atoms with Crippen LogP contribution in [-0.2, 0) is 37.0 Å². The maximum atomic E-state index is 12.8. The minimum absolute atomic E-state index is 0.165. The number of aliphatic hydroxyl groups excluding tert-OH is 1. The first-order chi connectivity index (χ1) is 15.5. The van der Waals surface area contributed by atoms with E-state index < -0.39 is 17.6 Å². The molecule has 0 unspecified atom stereocenters. The van der Waals surface area contributed by atoms with Crippen LogP contribution in [0, 0.1) is 5.41 Å². The first-order valence-electron chi connectivity index (χ1n) is 11.3. The van der Waals surface area contributed by atoms with E-state index in [1.54, 1.807) is 0 Å². The lowest BCUT2D eigenvalue weighted by Crippen LogP contribution is -2.55. The van der Waals surface area contributed by atoms with Crippen LogP contribution in [0.3, 0.4) is 0 Å². The van der Waals surface area contributed by atoms with Crippen LogP contribution in [0.1, 0.15) is 37.8 Å². The van der Waals surface area contributed by atoms with Gasteiger partial charge in [0.05, 0.1) is 43.5 Å². The Morgan fingerprint density at radius 2 is 1.53 bits per heavy atom. The molecular weight excluding hydrogens is 408 g/mol. The molecule has 2 aromatic carbocycles. The third kappa shape index (κ3) is 5.04. The Bertz CT molecular complexity index is 872. The van der Waals surface area contributed by atoms with Gasteiger partial charge in [-0.2, -0.15) is 0 Å². The summed E-state index contributed by atoms with van der Waals surface area (Å²) in [6.45, 7) is 4.54. The van der Waals surface area contributed by atoms with E-state index in [-0.39, 0.29) is 30.9 Å². The van der Waals surface area contributed by atoms with Crippen molar-refractivity contribution in [2.45, 2.75) is 70.4 Å². The Morgan fingerprint density at radius 1 is 0.969 bits per heavy atom. The highest BCUT2D eigenvalue weighted by molar-refractivity contribution is 5.79. The number of benzene rings is 2. The van der Waals surface area contributed by atoms with Crippen molar-refractivity contribution in [3.05, 3.63) is 71.8 Å². The van der Waals surface area contributed by atoms with E-state index in [0.29, 0.717) is 26.1 Å². The number of ether oxygens (including phenoxy) is 4. The number of aliphatic hydroxyl groups is 1. The molecule has 172 valence electrons. The van der Waals surface area contributed by atoms with E-state index in [2.05, 4.69) is 0 Å². The van der Waals surface area contributed by atoms with Crippen molar-refractivity contribution in [3.63, 3.8) is 0 Å². The van der Waals surface area contributed by atoms with E-state index >= 15 is 0 Å². The van der Waals surface area contributed by atoms with E-state index in [9.17, 15) is 9.90 Å². The summed E-state index contributed by atoms with van der Waals surface area (Å²) in [6, 6.07) is 20.0. The SMILES string of the molecule is C[C@H]1O[C@@H]([C@]2(C)C[C@@H](CO)OC2=O)[C@H](OCc2ccccc2)C[C@H]1OCc1ccccc1. The van der Waals surface area contributed by atoms with E-state index in [4.69, 9.17) is 18.9 Å². The van der Waals surface area contributed by atoms with Gasteiger partial charge in [-0.3, -0.25) is 4.79 Å². The molecule has 2 aliphatic rings. The van der Waals surface area contributed by atoms with Crippen LogP contribution in [0.5, 0.6) is 0 Å². The number of cyclic esters (lactones) is 1. The van der Waals surface area contributed by atoms with Crippen molar-refractivity contribution in [2.24, 2.45) is 5.41 Å². The summed E-state index contributed by atoms with van der Waals surface area (Å²) in [5.74, 6) is -0.342. The molecule has 1 N–H and O–H groups in total. The van der Waals surface area contributed by atoms with E-state index in [1.165, 1.54) is 0 Å². The summed E-state index contributed by atoms with van der Waals surface area (Å²) in [5.41, 5.74) is 1.27. The molecule has 2 aliphatic heterocycles. The van der Waals surface area contributed by atoms with Gasteiger partial charge in [-0.05, 0) is 25.0 Å². The van der Waals surface area contributed by atoms with Crippen molar-refractivity contribution in [1.82, 2.24) is 0 Å². The Labute approximate surface area is 189 Å². The Hall–Kier alpha value is -2.25. The van der Waals surface area contributed by atoms with E-state index in [0.717, 1.165) is 11.1 Å². The second kappa shape index (κ2) is 10.1. The van der Waals surface area contributed by atoms with Crippen LogP contribution in [0.25, 0.3) is 0 Å². The quantitative estimate of drug-likeness (QED) is 0.632. The van der Waals surface area contributed by atoms with Gasteiger partial charge in [0.25, 0.3) is 0 Å². The molecule has 2 aromatic rings. The fraction of sp³-hybridized carbons (Fsp3) is 0.500. The molecule has 0 aliphatic carbocycles. The molecule has 4 rings (SSSR count). The Kier molecular flexibility index (Phi) is 7.26. The normalized spacial score (nSPS) is 32.6. The van der Waals surface area contributed by atoms with Gasteiger partial charge >= 0.3 is 5.97 Å². The second-order valence-corrected chi connectivity index (χ2v) is 9.00. The van der Waals surface area contributed by atoms with Gasteiger partial charge in [0.1, 0.15) is 12.2 Å². The summed E-state index contributed by atoms with van der Waals surface area (Å²) < 4.78 is 24.4. The summed E-state index contributed by atoms with van der Waals surface area (Å²) >= 11 is 0. The molecule has 6 nitrogen and oxygen atoms in total. The topological polar surface area (TPSA) is 74.2 Å². The minimum Gasteiger partial charge on any atom is -0.459 e. The van der Waals surface area contributed by atoms with Crippen molar-refractivity contribution in [3.8, 4) is 0 Å². The fourth-order valence-electron chi connectivity index (χ4n) is 4.64. The van der Waals surface area contributed by atoms with Gasteiger partial charge in [0, 0.05) is 12.8 Å². The summed E-state index contributed by atoms with van der Waals surface area (Å²) in [4.78, 5) is 12.8. The number of esters is 1. The predicted octanol–water partition coefficient (Wildman–Crippen LogP) is 3.65. The Morgan fingerprint density at radius 3 is 2.06 bits per heavy atom. The van der Waals surface area contributed by atoms with Crippen molar-refractivity contribution >= 4 is 5.97 Å². The van der Waals surface area contributed by atoms with Crippen LogP contribution in [-0.4, -0.2) is 48.2 Å². The largest absolute Gasteiger partial charge is 0.459 e. The molecule has 0 aromatic heterocycles. The number of rotatable bonds is 8. The average Bonchev–Trinajstić information content (AvgIpc) is 3.13. The molecule has 32 heavy (non-hydrogen) atoms. The number of carbonyl (C=O) groups excluding carboxylic acids is 1.